The molecule has 0 unspecified atom stereocenters. The minimum Gasteiger partial charge on any atom is -0.459 e. The van der Waals surface area contributed by atoms with Crippen LogP contribution in [0.25, 0.3) is 0 Å². The van der Waals surface area contributed by atoms with E-state index in [2.05, 4.69) is 4.98 Å². The Kier molecular flexibility index (Phi) is 5.17. The molecule has 1 aromatic heterocycles. The number of Topliss-reactive ketones (excluding diaryl/α,β-unsaturated/α-hetero) is 1. The first-order valence-corrected chi connectivity index (χ1v) is 7.69. The number of esters is 1. The first-order valence-electron chi connectivity index (χ1n) is 7.69. The van der Waals surface area contributed by atoms with Crippen LogP contribution in [0.3, 0.4) is 0 Å². The monoisotopic (exact) mass is 332 g/mol. The van der Waals surface area contributed by atoms with E-state index in [1.54, 1.807) is 6.92 Å². The lowest BCUT2D eigenvalue weighted by Gasteiger charge is -2.18. The van der Waals surface area contributed by atoms with Crippen LogP contribution in [0.2, 0.25) is 0 Å². The molecule has 0 spiro atoms. The summed E-state index contributed by atoms with van der Waals surface area (Å²) in [6.07, 6.45) is 1.22. The molecule has 1 atom stereocenters. The van der Waals surface area contributed by atoms with Gasteiger partial charge in [-0.3, -0.25) is 4.79 Å². The van der Waals surface area contributed by atoms with Gasteiger partial charge in [0.25, 0.3) is 5.78 Å². The Hall–Kier alpha value is -2.50. The number of hydrogen-bond donors (Lipinski definition) is 0. The highest BCUT2D eigenvalue weighted by molar-refractivity contribution is 6.40. The van der Waals surface area contributed by atoms with E-state index in [1.165, 1.54) is 10.9 Å². The van der Waals surface area contributed by atoms with E-state index in [4.69, 9.17) is 4.74 Å². The van der Waals surface area contributed by atoms with Crippen LogP contribution in [0.5, 0.6) is 0 Å². The summed E-state index contributed by atoms with van der Waals surface area (Å²) in [6.45, 7) is 7.47. The van der Waals surface area contributed by atoms with Gasteiger partial charge in [0.05, 0.1) is 19.0 Å². The van der Waals surface area contributed by atoms with Crippen LogP contribution in [0.15, 0.2) is 36.7 Å². The van der Waals surface area contributed by atoms with Crippen LogP contribution in [-0.4, -0.2) is 27.9 Å². The Labute approximate surface area is 140 Å². The highest BCUT2D eigenvalue weighted by Crippen LogP contribution is 2.22. The Morgan fingerprint density at radius 2 is 1.88 bits per heavy atom. The highest BCUT2D eigenvalue weighted by atomic mass is 19.1. The van der Waals surface area contributed by atoms with Gasteiger partial charge >= 0.3 is 5.97 Å². The van der Waals surface area contributed by atoms with Crippen molar-refractivity contribution in [2.45, 2.75) is 33.7 Å². The van der Waals surface area contributed by atoms with Crippen molar-refractivity contribution in [1.29, 1.82) is 0 Å². The molecular weight excluding hydrogens is 311 g/mol. The predicted octanol–water partition coefficient (Wildman–Crippen LogP) is 3.40. The van der Waals surface area contributed by atoms with E-state index in [0.29, 0.717) is 0 Å². The number of ketones is 1. The average molecular weight is 332 g/mol. The summed E-state index contributed by atoms with van der Waals surface area (Å²) in [5.41, 5.74) is 0.198. The van der Waals surface area contributed by atoms with Crippen molar-refractivity contribution in [3.05, 3.63) is 53.9 Å². The van der Waals surface area contributed by atoms with Crippen molar-refractivity contribution in [2.75, 3.05) is 6.61 Å². The van der Waals surface area contributed by atoms with Crippen molar-refractivity contribution >= 4 is 11.8 Å². The molecule has 0 saturated carbocycles. The molecule has 0 aliphatic rings. The maximum atomic E-state index is 14.0. The summed E-state index contributed by atoms with van der Waals surface area (Å²) in [5, 5.41) is 0. The van der Waals surface area contributed by atoms with Crippen molar-refractivity contribution < 1.29 is 18.7 Å². The summed E-state index contributed by atoms with van der Waals surface area (Å²) >= 11 is 0. The molecule has 0 saturated heterocycles. The van der Waals surface area contributed by atoms with E-state index in [1.807, 2.05) is 51.1 Å². The number of ether oxygens (including phenoxy) is 1. The van der Waals surface area contributed by atoms with Gasteiger partial charge in [0.15, 0.2) is 5.69 Å². The van der Waals surface area contributed by atoms with Gasteiger partial charge in [0, 0.05) is 0 Å². The van der Waals surface area contributed by atoms with E-state index in [0.717, 1.165) is 5.56 Å². The highest BCUT2D eigenvalue weighted by Gasteiger charge is 2.29. The number of benzene rings is 1. The number of imidazole rings is 1. The Bertz CT molecular complexity index is 732. The largest absolute Gasteiger partial charge is 0.459 e. The maximum absolute atomic E-state index is 14.0. The fourth-order valence-corrected chi connectivity index (χ4v) is 2.18. The van der Waals surface area contributed by atoms with Gasteiger partial charge in [-0.05, 0) is 17.9 Å². The van der Waals surface area contributed by atoms with Crippen LogP contribution >= 0.6 is 0 Å². The zero-order chi connectivity index (χ0) is 17.9. The lowest BCUT2D eigenvalue weighted by Crippen LogP contribution is -2.27. The van der Waals surface area contributed by atoms with E-state index in [9.17, 15) is 14.0 Å². The van der Waals surface area contributed by atoms with Gasteiger partial charge < -0.3 is 9.30 Å². The molecule has 6 heteroatoms. The fraction of sp³-hybridized carbons (Fsp3) is 0.389. The lowest BCUT2D eigenvalue weighted by atomic mass is 9.99. The fourth-order valence-electron chi connectivity index (χ4n) is 2.18. The van der Waals surface area contributed by atoms with Gasteiger partial charge in [-0.15, -0.1) is 0 Å². The average Bonchev–Trinajstić information content (AvgIpc) is 2.92. The molecule has 0 N–H and O–H groups in total. The van der Waals surface area contributed by atoms with Crippen molar-refractivity contribution in [3.8, 4) is 0 Å². The van der Waals surface area contributed by atoms with Gasteiger partial charge in [-0.25, -0.2) is 9.78 Å². The van der Waals surface area contributed by atoms with Crippen LogP contribution in [-0.2, 0) is 9.53 Å². The SMILES string of the molecule is C[C@H](c1ccccc1)n1cnc(F)c1C(=O)C(=O)OCC(C)(C)C. The third-order valence-electron chi connectivity index (χ3n) is 3.49. The van der Waals surface area contributed by atoms with Crippen molar-refractivity contribution in [2.24, 2.45) is 5.41 Å². The number of halogens is 1. The Morgan fingerprint density at radius 1 is 1.25 bits per heavy atom. The van der Waals surface area contributed by atoms with Crippen LogP contribution in [0.4, 0.5) is 4.39 Å². The molecule has 128 valence electrons. The predicted molar refractivity (Wildman–Crippen MR) is 87.2 cm³/mol. The topological polar surface area (TPSA) is 61.2 Å². The molecule has 5 nitrogen and oxygen atoms in total. The summed E-state index contributed by atoms with van der Waals surface area (Å²) < 4.78 is 20.4. The second kappa shape index (κ2) is 6.95. The van der Waals surface area contributed by atoms with Crippen LogP contribution in [0.1, 0.15) is 49.8 Å². The Balaban J connectivity index is 2.26. The minimum absolute atomic E-state index is 0.0710. The smallest absolute Gasteiger partial charge is 0.381 e. The molecule has 0 amide bonds. The molecule has 0 aliphatic carbocycles. The first kappa shape index (κ1) is 17.8. The summed E-state index contributed by atoms with van der Waals surface area (Å²) in [6, 6.07) is 8.91. The molecule has 2 rings (SSSR count). The summed E-state index contributed by atoms with van der Waals surface area (Å²) in [5.74, 6) is -3.08. The van der Waals surface area contributed by atoms with Crippen molar-refractivity contribution in [1.82, 2.24) is 9.55 Å². The number of carbonyl (C=O) groups is 2. The van der Waals surface area contributed by atoms with Crippen LogP contribution < -0.4 is 0 Å². The molecule has 0 bridgehead atoms. The molecule has 0 fully saturated rings. The van der Waals surface area contributed by atoms with E-state index < -0.39 is 17.7 Å². The minimum atomic E-state index is -1.08. The number of aromatic nitrogens is 2. The quantitative estimate of drug-likeness (QED) is 0.478. The Morgan fingerprint density at radius 3 is 2.46 bits per heavy atom. The van der Waals surface area contributed by atoms with Gasteiger partial charge in [0.1, 0.15) is 0 Å². The summed E-state index contributed by atoms with van der Waals surface area (Å²) in [4.78, 5) is 27.8. The molecule has 0 radical (unpaired) electrons. The van der Waals surface area contributed by atoms with E-state index in [-0.39, 0.29) is 23.8 Å². The molecule has 1 aromatic carbocycles. The molecule has 2 aromatic rings. The lowest BCUT2D eigenvalue weighted by molar-refractivity contribution is -0.140. The second-order valence-corrected chi connectivity index (χ2v) is 6.84. The second-order valence-electron chi connectivity index (χ2n) is 6.84. The van der Waals surface area contributed by atoms with Gasteiger partial charge in [0.2, 0.25) is 5.95 Å². The normalized spacial score (nSPS) is 12.7. The zero-order valence-corrected chi connectivity index (χ0v) is 14.2. The van der Waals surface area contributed by atoms with Gasteiger partial charge in [-0.1, -0.05) is 51.1 Å². The molecular formula is C18H21FN2O3. The number of hydrogen-bond acceptors (Lipinski definition) is 4. The third kappa shape index (κ3) is 4.07. The number of carbonyl (C=O) groups excluding carboxylic acids is 2. The first-order chi connectivity index (χ1) is 11.2. The van der Waals surface area contributed by atoms with Crippen molar-refractivity contribution in [3.63, 3.8) is 0 Å². The number of nitrogens with zero attached hydrogens (tertiary/aromatic N) is 2. The molecule has 24 heavy (non-hydrogen) atoms. The zero-order valence-electron chi connectivity index (χ0n) is 14.2. The molecule has 0 aliphatic heterocycles. The molecule has 1 heterocycles. The summed E-state index contributed by atoms with van der Waals surface area (Å²) in [7, 11) is 0. The van der Waals surface area contributed by atoms with Crippen LogP contribution in [0, 0.1) is 11.4 Å². The van der Waals surface area contributed by atoms with Gasteiger partial charge in [-0.2, -0.15) is 4.39 Å². The number of rotatable bonds is 5. The third-order valence-corrected chi connectivity index (χ3v) is 3.49. The van der Waals surface area contributed by atoms with E-state index >= 15 is 0 Å². The standard InChI is InChI=1S/C18H21FN2O3/c1-12(13-8-6-5-7-9-13)21-11-20-16(19)14(21)15(22)17(23)24-10-18(2,3)4/h5-9,11-12H,10H2,1-4H3/t12-/m1/s1. The maximum Gasteiger partial charge on any atom is 0.381 e.